The number of ether oxygens (including phenoxy) is 1. The third-order valence-electron chi connectivity index (χ3n) is 4.41. The predicted molar refractivity (Wildman–Crippen MR) is 90.8 cm³/mol. The van der Waals surface area contributed by atoms with Crippen LogP contribution in [0.2, 0.25) is 0 Å². The van der Waals surface area contributed by atoms with Crippen LogP contribution < -0.4 is 0 Å². The van der Waals surface area contributed by atoms with Crippen LogP contribution in [0.25, 0.3) is 11.0 Å². The maximum atomic E-state index is 12.5. The Labute approximate surface area is 145 Å². The Bertz CT molecular complexity index is 866. The molecular formula is C18H20N4O3. The van der Waals surface area contributed by atoms with Crippen LogP contribution in [0.15, 0.2) is 28.7 Å². The Balaban J connectivity index is 1.38. The first kappa shape index (κ1) is 15.8. The Morgan fingerprint density at radius 1 is 1.36 bits per heavy atom. The van der Waals surface area contributed by atoms with E-state index < -0.39 is 0 Å². The molecule has 0 fully saturated rings. The lowest BCUT2D eigenvalue weighted by Gasteiger charge is -2.25. The van der Waals surface area contributed by atoms with Gasteiger partial charge < -0.3 is 19.0 Å². The van der Waals surface area contributed by atoms with E-state index in [1.54, 1.807) is 7.11 Å². The summed E-state index contributed by atoms with van der Waals surface area (Å²) in [5, 5.41) is 0. The summed E-state index contributed by atoms with van der Waals surface area (Å²) in [6, 6.07) is 7.88. The maximum absolute atomic E-state index is 12.5. The monoisotopic (exact) mass is 340 g/mol. The molecule has 0 radical (unpaired) electrons. The van der Waals surface area contributed by atoms with Crippen LogP contribution in [-0.4, -0.2) is 39.4 Å². The summed E-state index contributed by atoms with van der Waals surface area (Å²) in [6.07, 6.45) is 1.73. The summed E-state index contributed by atoms with van der Waals surface area (Å²) in [5.41, 5.74) is 2.78. The molecule has 1 aromatic carbocycles. The Kier molecular flexibility index (Phi) is 4.23. The SMILES string of the molecule is COCc1nc2c(o1)CCN(C(=O)CCc1nc3ccccc3[nH]1)C2. The van der Waals surface area contributed by atoms with Gasteiger partial charge in [0.1, 0.15) is 23.9 Å². The average molecular weight is 340 g/mol. The van der Waals surface area contributed by atoms with Gasteiger partial charge in [0.15, 0.2) is 0 Å². The third kappa shape index (κ3) is 3.28. The molecule has 1 amide bonds. The quantitative estimate of drug-likeness (QED) is 0.770. The van der Waals surface area contributed by atoms with Gasteiger partial charge in [0.05, 0.1) is 17.6 Å². The number of carbonyl (C=O) groups is 1. The van der Waals surface area contributed by atoms with Crippen LogP contribution in [0.5, 0.6) is 0 Å². The zero-order valence-electron chi connectivity index (χ0n) is 14.1. The minimum Gasteiger partial charge on any atom is -0.443 e. The first-order valence-electron chi connectivity index (χ1n) is 8.40. The molecule has 2 aromatic heterocycles. The van der Waals surface area contributed by atoms with Crippen molar-refractivity contribution >= 4 is 16.9 Å². The van der Waals surface area contributed by atoms with Crippen molar-refractivity contribution in [1.82, 2.24) is 19.9 Å². The topological polar surface area (TPSA) is 84.2 Å². The molecule has 0 bridgehead atoms. The number of carbonyl (C=O) groups excluding carboxylic acids is 1. The van der Waals surface area contributed by atoms with Gasteiger partial charge in [-0.25, -0.2) is 9.97 Å². The van der Waals surface area contributed by atoms with Crippen LogP contribution in [-0.2, 0) is 35.5 Å². The average Bonchev–Trinajstić information content (AvgIpc) is 3.22. The minimum atomic E-state index is 0.113. The fourth-order valence-corrected chi connectivity index (χ4v) is 3.16. The van der Waals surface area contributed by atoms with E-state index in [0.717, 1.165) is 28.3 Å². The lowest BCUT2D eigenvalue weighted by molar-refractivity contribution is -0.132. The predicted octanol–water partition coefficient (Wildman–Crippen LogP) is 2.21. The standard InChI is InChI=1S/C18H20N4O3/c1-24-11-17-21-14-10-22(9-8-15(14)25-17)18(23)7-6-16-19-12-4-2-3-5-13(12)20-16/h2-5H,6-11H2,1H3,(H,19,20). The Morgan fingerprint density at radius 3 is 3.08 bits per heavy atom. The second-order valence-electron chi connectivity index (χ2n) is 6.18. The van der Waals surface area contributed by atoms with Gasteiger partial charge in [-0.15, -0.1) is 0 Å². The van der Waals surface area contributed by atoms with E-state index in [9.17, 15) is 4.79 Å². The minimum absolute atomic E-state index is 0.113. The molecule has 130 valence electrons. The molecule has 0 spiro atoms. The van der Waals surface area contributed by atoms with Gasteiger partial charge >= 0.3 is 0 Å². The van der Waals surface area contributed by atoms with Crippen molar-refractivity contribution in [2.75, 3.05) is 13.7 Å². The number of rotatable bonds is 5. The van der Waals surface area contributed by atoms with Crippen molar-refractivity contribution in [3.05, 3.63) is 47.4 Å². The molecule has 1 aliphatic rings. The molecule has 25 heavy (non-hydrogen) atoms. The van der Waals surface area contributed by atoms with Crippen molar-refractivity contribution in [3.63, 3.8) is 0 Å². The number of nitrogens with zero attached hydrogens (tertiary/aromatic N) is 3. The van der Waals surface area contributed by atoms with E-state index in [1.807, 2.05) is 29.2 Å². The molecule has 0 aliphatic carbocycles. The lowest BCUT2D eigenvalue weighted by Crippen LogP contribution is -2.36. The van der Waals surface area contributed by atoms with Gasteiger partial charge in [-0.2, -0.15) is 0 Å². The maximum Gasteiger partial charge on any atom is 0.223 e. The van der Waals surface area contributed by atoms with Crippen LogP contribution in [0, 0.1) is 0 Å². The van der Waals surface area contributed by atoms with Gasteiger partial charge in [0, 0.05) is 32.9 Å². The molecular weight excluding hydrogens is 320 g/mol. The third-order valence-corrected chi connectivity index (χ3v) is 4.41. The van der Waals surface area contributed by atoms with Crippen molar-refractivity contribution in [1.29, 1.82) is 0 Å². The van der Waals surface area contributed by atoms with E-state index in [2.05, 4.69) is 15.0 Å². The molecule has 0 unspecified atom stereocenters. The fraction of sp³-hybridized carbons (Fsp3) is 0.389. The number of H-pyrrole nitrogens is 1. The highest BCUT2D eigenvalue weighted by molar-refractivity contribution is 5.77. The number of oxazole rings is 1. The molecule has 1 aliphatic heterocycles. The number of aromatic nitrogens is 3. The van der Waals surface area contributed by atoms with Gasteiger partial charge in [0.2, 0.25) is 11.8 Å². The summed E-state index contributed by atoms with van der Waals surface area (Å²) in [4.78, 5) is 26.6. The van der Waals surface area contributed by atoms with Crippen LogP contribution in [0.4, 0.5) is 0 Å². The van der Waals surface area contributed by atoms with Crippen LogP contribution in [0.1, 0.15) is 29.6 Å². The summed E-state index contributed by atoms with van der Waals surface area (Å²) < 4.78 is 10.7. The normalized spacial score (nSPS) is 14.0. The number of hydrogen-bond acceptors (Lipinski definition) is 5. The number of hydrogen-bond donors (Lipinski definition) is 1. The Hall–Kier alpha value is -2.67. The molecule has 0 atom stereocenters. The number of amides is 1. The molecule has 7 nitrogen and oxygen atoms in total. The highest BCUT2D eigenvalue weighted by Crippen LogP contribution is 2.21. The Morgan fingerprint density at radius 2 is 2.24 bits per heavy atom. The number of imidazole rings is 1. The van der Waals surface area contributed by atoms with Crippen molar-refractivity contribution in [2.45, 2.75) is 32.4 Å². The summed E-state index contributed by atoms with van der Waals surface area (Å²) in [5.74, 6) is 2.40. The van der Waals surface area contributed by atoms with Crippen LogP contribution >= 0.6 is 0 Å². The number of nitrogens with one attached hydrogen (secondary N) is 1. The number of fused-ring (bicyclic) bond motifs is 2. The fourth-order valence-electron chi connectivity index (χ4n) is 3.16. The van der Waals surface area contributed by atoms with Gasteiger partial charge in [-0.05, 0) is 12.1 Å². The number of aromatic amines is 1. The highest BCUT2D eigenvalue weighted by Gasteiger charge is 2.25. The first-order chi connectivity index (χ1) is 12.2. The molecule has 3 aromatic rings. The largest absolute Gasteiger partial charge is 0.443 e. The van der Waals surface area contributed by atoms with Crippen molar-refractivity contribution in [3.8, 4) is 0 Å². The molecule has 4 rings (SSSR count). The van der Waals surface area contributed by atoms with E-state index in [-0.39, 0.29) is 5.91 Å². The van der Waals surface area contributed by atoms with E-state index in [1.165, 1.54) is 0 Å². The summed E-state index contributed by atoms with van der Waals surface area (Å²) >= 11 is 0. The highest BCUT2D eigenvalue weighted by atomic mass is 16.5. The van der Waals surface area contributed by atoms with E-state index >= 15 is 0 Å². The number of para-hydroxylation sites is 2. The van der Waals surface area contributed by atoms with Gasteiger partial charge in [-0.1, -0.05) is 12.1 Å². The molecule has 0 saturated heterocycles. The number of aryl methyl sites for hydroxylation is 1. The summed E-state index contributed by atoms with van der Waals surface area (Å²) in [7, 11) is 1.61. The lowest BCUT2D eigenvalue weighted by atomic mass is 10.1. The van der Waals surface area contributed by atoms with Crippen LogP contribution in [0.3, 0.4) is 0 Å². The molecule has 3 heterocycles. The number of benzene rings is 1. The van der Waals surface area contributed by atoms with E-state index in [4.69, 9.17) is 9.15 Å². The van der Waals surface area contributed by atoms with Crippen molar-refractivity contribution < 1.29 is 13.9 Å². The number of methoxy groups -OCH3 is 1. The van der Waals surface area contributed by atoms with Crippen molar-refractivity contribution in [2.24, 2.45) is 0 Å². The second kappa shape index (κ2) is 6.68. The second-order valence-corrected chi connectivity index (χ2v) is 6.18. The van der Waals surface area contributed by atoms with Gasteiger partial charge in [0.25, 0.3) is 0 Å². The smallest absolute Gasteiger partial charge is 0.223 e. The first-order valence-corrected chi connectivity index (χ1v) is 8.40. The zero-order valence-corrected chi connectivity index (χ0v) is 14.1. The van der Waals surface area contributed by atoms with Gasteiger partial charge in [-0.3, -0.25) is 4.79 Å². The zero-order chi connectivity index (χ0) is 17.2. The molecule has 0 saturated carbocycles. The molecule has 1 N–H and O–H groups in total. The molecule has 7 heteroatoms. The summed E-state index contributed by atoms with van der Waals surface area (Å²) in [6.45, 7) is 1.52. The van der Waals surface area contributed by atoms with E-state index in [0.29, 0.717) is 44.8 Å².